The fraction of sp³-hybridized carbons (Fsp3) is 0.381. The molecule has 1 heterocycles. The molecule has 1 fully saturated rings. The lowest BCUT2D eigenvalue weighted by atomic mass is 10.1. The molecule has 0 bridgehead atoms. The minimum absolute atomic E-state index is 0.118. The Morgan fingerprint density at radius 2 is 1.72 bits per heavy atom. The number of hydrogen-bond donors (Lipinski definition) is 0. The predicted octanol–water partition coefficient (Wildman–Crippen LogP) is 3.09. The Kier molecular flexibility index (Phi) is 6.07. The van der Waals surface area contributed by atoms with Crippen LogP contribution < -0.4 is 4.74 Å². The maximum atomic E-state index is 12.7. The van der Waals surface area contributed by atoms with Crippen molar-refractivity contribution >= 4 is 5.91 Å². The number of amides is 1. The van der Waals surface area contributed by atoms with E-state index in [-0.39, 0.29) is 5.91 Å². The molecule has 0 unspecified atom stereocenters. The molecular formula is C21H26N2O2. The molecule has 1 aliphatic heterocycles. The topological polar surface area (TPSA) is 32.8 Å². The summed E-state index contributed by atoms with van der Waals surface area (Å²) in [4.78, 5) is 17.1. The molecule has 2 aromatic rings. The first-order valence-corrected chi connectivity index (χ1v) is 8.96. The minimum Gasteiger partial charge on any atom is -0.497 e. The highest BCUT2D eigenvalue weighted by Gasteiger charge is 2.20. The third kappa shape index (κ3) is 4.83. The van der Waals surface area contributed by atoms with Crippen molar-refractivity contribution in [2.75, 3.05) is 39.8 Å². The molecule has 0 atom stereocenters. The molecule has 25 heavy (non-hydrogen) atoms. The summed E-state index contributed by atoms with van der Waals surface area (Å²) in [5.41, 5.74) is 2.11. The molecule has 0 aliphatic carbocycles. The van der Waals surface area contributed by atoms with Crippen molar-refractivity contribution in [1.82, 2.24) is 9.80 Å². The molecule has 0 spiro atoms. The highest BCUT2D eigenvalue weighted by molar-refractivity contribution is 5.94. The van der Waals surface area contributed by atoms with E-state index in [0.29, 0.717) is 0 Å². The van der Waals surface area contributed by atoms with Crippen molar-refractivity contribution in [2.24, 2.45) is 0 Å². The van der Waals surface area contributed by atoms with Crippen LogP contribution in [0.2, 0.25) is 0 Å². The number of methoxy groups -OCH3 is 1. The Morgan fingerprint density at radius 3 is 2.44 bits per heavy atom. The number of carbonyl (C=O) groups is 1. The van der Waals surface area contributed by atoms with E-state index in [0.717, 1.165) is 56.9 Å². The van der Waals surface area contributed by atoms with Gasteiger partial charge in [0.05, 0.1) is 7.11 Å². The molecule has 4 nitrogen and oxygen atoms in total. The van der Waals surface area contributed by atoms with Gasteiger partial charge >= 0.3 is 0 Å². The second kappa shape index (κ2) is 8.67. The van der Waals surface area contributed by atoms with E-state index < -0.39 is 0 Å². The van der Waals surface area contributed by atoms with Crippen LogP contribution in [0.15, 0.2) is 54.6 Å². The van der Waals surface area contributed by atoms with Crippen molar-refractivity contribution in [3.63, 3.8) is 0 Å². The molecule has 0 saturated carbocycles. The molecule has 0 aromatic heterocycles. The third-order valence-corrected chi connectivity index (χ3v) is 4.77. The van der Waals surface area contributed by atoms with E-state index in [1.54, 1.807) is 7.11 Å². The van der Waals surface area contributed by atoms with Crippen LogP contribution in [-0.4, -0.2) is 55.5 Å². The molecule has 132 valence electrons. The smallest absolute Gasteiger partial charge is 0.253 e. The molecule has 1 aliphatic rings. The predicted molar refractivity (Wildman–Crippen MR) is 100 cm³/mol. The van der Waals surface area contributed by atoms with Crippen LogP contribution in [0.3, 0.4) is 0 Å². The van der Waals surface area contributed by atoms with Gasteiger partial charge in [-0.05, 0) is 49.2 Å². The quantitative estimate of drug-likeness (QED) is 0.840. The average molecular weight is 338 g/mol. The highest BCUT2D eigenvalue weighted by Crippen LogP contribution is 2.14. The van der Waals surface area contributed by atoms with E-state index in [1.165, 1.54) is 5.56 Å². The van der Waals surface area contributed by atoms with Gasteiger partial charge in [0.2, 0.25) is 0 Å². The lowest BCUT2D eigenvalue weighted by Gasteiger charge is -2.22. The number of rotatable bonds is 5. The standard InChI is InChI=1S/C21H26N2O2/c1-25-20-10-8-19(9-11-20)21(24)23-14-5-13-22(16-17-23)15-12-18-6-3-2-4-7-18/h2-4,6-11H,5,12-17H2,1H3. The Balaban J connectivity index is 1.52. The van der Waals surface area contributed by atoms with Gasteiger partial charge in [-0.1, -0.05) is 30.3 Å². The molecule has 1 amide bonds. The molecule has 0 radical (unpaired) electrons. The van der Waals surface area contributed by atoms with Crippen molar-refractivity contribution < 1.29 is 9.53 Å². The van der Waals surface area contributed by atoms with Gasteiger partial charge in [-0.25, -0.2) is 0 Å². The van der Waals surface area contributed by atoms with Crippen molar-refractivity contribution in [3.05, 3.63) is 65.7 Å². The van der Waals surface area contributed by atoms with Crippen LogP contribution >= 0.6 is 0 Å². The molecule has 3 rings (SSSR count). The van der Waals surface area contributed by atoms with E-state index in [1.807, 2.05) is 29.2 Å². The second-order valence-corrected chi connectivity index (χ2v) is 6.45. The monoisotopic (exact) mass is 338 g/mol. The van der Waals surface area contributed by atoms with Gasteiger partial charge in [0.15, 0.2) is 0 Å². The van der Waals surface area contributed by atoms with Gasteiger partial charge in [0.25, 0.3) is 5.91 Å². The Morgan fingerprint density at radius 1 is 0.960 bits per heavy atom. The van der Waals surface area contributed by atoms with Crippen LogP contribution in [0.1, 0.15) is 22.3 Å². The number of ether oxygens (including phenoxy) is 1. The van der Waals surface area contributed by atoms with Crippen molar-refractivity contribution in [2.45, 2.75) is 12.8 Å². The molecule has 1 saturated heterocycles. The van der Waals surface area contributed by atoms with E-state index in [9.17, 15) is 4.79 Å². The van der Waals surface area contributed by atoms with Crippen LogP contribution in [-0.2, 0) is 6.42 Å². The average Bonchev–Trinajstić information content (AvgIpc) is 2.92. The number of nitrogens with zero attached hydrogens (tertiary/aromatic N) is 2. The summed E-state index contributed by atoms with van der Waals surface area (Å²) in [6.07, 6.45) is 2.09. The maximum Gasteiger partial charge on any atom is 0.253 e. The molecule has 4 heteroatoms. The summed E-state index contributed by atoms with van der Waals surface area (Å²) < 4.78 is 5.16. The first kappa shape index (κ1) is 17.5. The number of carbonyl (C=O) groups excluding carboxylic acids is 1. The summed E-state index contributed by atoms with van der Waals surface area (Å²) in [7, 11) is 1.63. The van der Waals surface area contributed by atoms with Gasteiger partial charge in [-0.3, -0.25) is 4.79 Å². The Bertz CT molecular complexity index is 670. The van der Waals surface area contributed by atoms with Gasteiger partial charge in [0, 0.05) is 31.7 Å². The fourth-order valence-electron chi connectivity index (χ4n) is 3.25. The van der Waals surface area contributed by atoms with Gasteiger partial charge in [0.1, 0.15) is 5.75 Å². The summed E-state index contributed by atoms with van der Waals surface area (Å²) in [5.74, 6) is 0.895. The number of hydrogen-bond acceptors (Lipinski definition) is 3. The fourth-order valence-corrected chi connectivity index (χ4v) is 3.25. The summed E-state index contributed by atoms with van der Waals surface area (Å²) in [6, 6.07) is 18.0. The zero-order chi connectivity index (χ0) is 17.5. The van der Waals surface area contributed by atoms with Crippen molar-refractivity contribution in [1.29, 1.82) is 0 Å². The number of benzene rings is 2. The first-order chi connectivity index (χ1) is 12.3. The third-order valence-electron chi connectivity index (χ3n) is 4.77. The first-order valence-electron chi connectivity index (χ1n) is 8.96. The Labute approximate surface area is 150 Å². The summed E-state index contributed by atoms with van der Waals surface area (Å²) >= 11 is 0. The van der Waals surface area contributed by atoms with Gasteiger partial charge < -0.3 is 14.5 Å². The zero-order valence-electron chi connectivity index (χ0n) is 14.9. The summed E-state index contributed by atoms with van der Waals surface area (Å²) in [5, 5.41) is 0. The van der Waals surface area contributed by atoms with Crippen LogP contribution in [0.25, 0.3) is 0 Å². The van der Waals surface area contributed by atoms with E-state index in [2.05, 4.69) is 35.2 Å². The maximum absolute atomic E-state index is 12.7. The highest BCUT2D eigenvalue weighted by atomic mass is 16.5. The van der Waals surface area contributed by atoms with Crippen LogP contribution in [0.4, 0.5) is 0 Å². The van der Waals surface area contributed by atoms with Crippen LogP contribution in [0.5, 0.6) is 5.75 Å². The minimum atomic E-state index is 0.118. The molecular weight excluding hydrogens is 312 g/mol. The summed E-state index contributed by atoms with van der Waals surface area (Å²) in [6.45, 7) is 4.66. The molecule has 0 N–H and O–H groups in total. The van der Waals surface area contributed by atoms with Gasteiger partial charge in [-0.2, -0.15) is 0 Å². The largest absolute Gasteiger partial charge is 0.497 e. The normalized spacial score (nSPS) is 15.6. The van der Waals surface area contributed by atoms with Crippen LogP contribution in [0, 0.1) is 0 Å². The Hall–Kier alpha value is -2.33. The second-order valence-electron chi connectivity index (χ2n) is 6.45. The van der Waals surface area contributed by atoms with Gasteiger partial charge in [-0.15, -0.1) is 0 Å². The van der Waals surface area contributed by atoms with E-state index >= 15 is 0 Å². The van der Waals surface area contributed by atoms with E-state index in [4.69, 9.17) is 4.74 Å². The molecule has 2 aromatic carbocycles. The SMILES string of the molecule is COc1ccc(C(=O)N2CCCN(CCc3ccccc3)CC2)cc1. The lowest BCUT2D eigenvalue weighted by Crippen LogP contribution is -2.35. The zero-order valence-corrected chi connectivity index (χ0v) is 14.9. The lowest BCUT2D eigenvalue weighted by molar-refractivity contribution is 0.0761. The van der Waals surface area contributed by atoms with Crippen molar-refractivity contribution in [3.8, 4) is 5.75 Å².